The van der Waals surface area contributed by atoms with Crippen molar-refractivity contribution in [2.45, 2.75) is 16.6 Å². The minimum absolute atomic E-state index is 0.0105. The molecule has 2 amide bonds. The Hall–Kier alpha value is -1.98. The van der Waals surface area contributed by atoms with E-state index in [1.54, 1.807) is 0 Å². The molecule has 1 atom stereocenters. The third-order valence-corrected chi connectivity index (χ3v) is 5.68. The number of hydrogen-bond donors (Lipinski definition) is 1. The summed E-state index contributed by atoms with van der Waals surface area (Å²) >= 11 is 1.85. The fourth-order valence-electron chi connectivity index (χ4n) is 2.95. The first-order chi connectivity index (χ1) is 12.1. The van der Waals surface area contributed by atoms with E-state index in [1.165, 1.54) is 5.56 Å². The number of nitrogens with one attached hydrogen (secondary N) is 1. The lowest BCUT2D eigenvalue weighted by molar-refractivity contribution is 0.244. The molecule has 1 aliphatic rings. The van der Waals surface area contributed by atoms with E-state index in [9.17, 15) is 4.79 Å². The van der Waals surface area contributed by atoms with Crippen molar-refractivity contribution >= 4 is 23.5 Å². The Labute approximate surface area is 154 Å². The molecule has 132 valence electrons. The number of carbonyl (C=O) groups excluding carboxylic acids is 1. The molecule has 2 aromatic carbocycles. The maximum Gasteiger partial charge on any atom is 0.321 e. The number of fused-ring (bicyclic) bond motifs is 1. The summed E-state index contributed by atoms with van der Waals surface area (Å²) < 4.78 is 0. The van der Waals surface area contributed by atoms with Crippen molar-refractivity contribution in [3.05, 3.63) is 60.2 Å². The first-order valence-corrected chi connectivity index (χ1v) is 9.54. The summed E-state index contributed by atoms with van der Waals surface area (Å²) in [5.74, 6) is 0. The highest BCUT2D eigenvalue weighted by molar-refractivity contribution is 7.99. The summed E-state index contributed by atoms with van der Waals surface area (Å²) in [6.45, 7) is 2.21. The standard InChI is InChI=1S/C20H25N3OS/c1-22(2)15-13-21-20(24)23-14-12-18(16-8-4-3-5-9-16)25-19-11-7-6-10-17(19)23/h3-11,18H,12-15H2,1-2H3,(H,21,24). The molecule has 0 saturated heterocycles. The predicted molar refractivity (Wildman–Crippen MR) is 105 cm³/mol. The molecule has 0 saturated carbocycles. The normalized spacial score (nSPS) is 17.1. The first kappa shape index (κ1) is 17.8. The van der Waals surface area contributed by atoms with Crippen LogP contribution in [0.4, 0.5) is 10.5 Å². The number of carbonyl (C=O) groups is 1. The highest BCUT2D eigenvalue weighted by atomic mass is 32.2. The second-order valence-corrected chi connectivity index (χ2v) is 7.70. The summed E-state index contributed by atoms with van der Waals surface area (Å²) in [5.41, 5.74) is 2.32. The highest BCUT2D eigenvalue weighted by Crippen LogP contribution is 2.44. The lowest BCUT2D eigenvalue weighted by atomic mass is 10.1. The lowest BCUT2D eigenvalue weighted by Gasteiger charge is -2.23. The maximum atomic E-state index is 12.7. The predicted octanol–water partition coefficient (Wildman–Crippen LogP) is 4.00. The number of para-hydroxylation sites is 1. The van der Waals surface area contributed by atoms with Gasteiger partial charge in [0.05, 0.1) is 5.69 Å². The van der Waals surface area contributed by atoms with E-state index in [0.717, 1.165) is 30.1 Å². The van der Waals surface area contributed by atoms with Crippen LogP contribution in [0.1, 0.15) is 17.2 Å². The van der Waals surface area contributed by atoms with E-state index in [0.29, 0.717) is 11.8 Å². The number of nitrogens with zero attached hydrogens (tertiary/aromatic N) is 2. The second-order valence-electron chi connectivity index (χ2n) is 6.46. The minimum atomic E-state index is -0.0105. The largest absolute Gasteiger partial charge is 0.336 e. The molecule has 1 aliphatic heterocycles. The monoisotopic (exact) mass is 355 g/mol. The van der Waals surface area contributed by atoms with E-state index >= 15 is 0 Å². The van der Waals surface area contributed by atoms with E-state index in [4.69, 9.17) is 0 Å². The molecule has 0 fully saturated rings. The summed E-state index contributed by atoms with van der Waals surface area (Å²) in [5, 5.41) is 3.41. The maximum absolute atomic E-state index is 12.7. The Balaban J connectivity index is 1.79. The van der Waals surface area contributed by atoms with Crippen molar-refractivity contribution in [3.8, 4) is 0 Å². The Bertz CT molecular complexity index is 705. The average Bonchev–Trinajstić information content (AvgIpc) is 2.82. The number of benzene rings is 2. The molecule has 5 heteroatoms. The molecule has 3 rings (SSSR count). The SMILES string of the molecule is CN(C)CCNC(=O)N1CCC(c2ccccc2)Sc2ccccc21. The summed E-state index contributed by atoms with van der Waals surface area (Å²) in [6, 6.07) is 18.7. The molecule has 25 heavy (non-hydrogen) atoms. The number of thioether (sulfide) groups is 1. The number of urea groups is 1. The number of hydrogen-bond acceptors (Lipinski definition) is 3. The average molecular weight is 356 g/mol. The van der Waals surface area contributed by atoms with Crippen LogP contribution < -0.4 is 10.2 Å². The van der Waals surface area contributed by atoms with E-state index in [1.807, 2.05) is 55.0 Å². The van der Waals surface area contributed by atoms with Crippen LogP contribution in [0.3, 0.4) is 0 Å². The molecule has 1 heterocycles. The van der Waals surface area contributed by atoms with Gasteiger partial charge in [0.15, 0.2) is 0 Å². The fraction of sp³-hybridized carbons (Fsp3) is 0.350. The molecule has 0 aromatic heterocycles. The van der Waals surface area contributed by atoms with Gasteiger partial charge in [-0.3, -0.25) is 4.90 Å². The summed E-state index contributed by atoms with van der Waals surface area (Å²) in [6.07, 6.45) is 0.935. The molecular formula is C20H25N3OS. The number of anilines is 1. The van der Waals surface area contributed by atoms with Gasteiger partial charge in [0.1, 0.15) is 0 Å². The summed E-state index contributed by atoms with van der Waals surface area (Å²) in [7, 11) is 4.02. The van der Waals surface area contributed by atoms with Crippen molar-refractivity contribution in [2.75, 3.05) is 38.6 Å². The fourth-order valence-corrected chi connectivity index (χ4v) is 4.23. The molecule has 0 radical (unpaired) electrons. The Kier molecular flexibility index (Phi) is 6.00. The highest BCUT2D eigenvalue weighted by Gasteiger charge is 2.26. The van der Waals surface area contributed by atoms with Crippen LogP contribution in [0.15, 0.2) is 59.5 Å². The smallest absolute Gasteiger partial charge is 0.321 e. The Morgan fingerprint density at radius 1 is 1.16 bits per heavy atom. The topological polar surface area (TPSA) is 35.6 Å². The molecule has 1 unspecified atom stereocenters. The first-order valence-electron chi connectivity index (χ1n) is 8.66. The zero-order valence-corrected chi connectivity index (χ0v) is 15.6. The quantitative estimate of drug-likeness (QED) is 0.900. The molecule has 4 nitrogen and oxygen atoms in total. The second kappa shape index (κ2) is 8.41. The van der Waals surface area contributed by atoms with Crippen molar-refractivity contribution in [1.82, 2.24) is 10.2 Å². The number of rotatable bonds is 4. The molecule has 0 bridgehead atoms. The molecule has 0 spiro atoms. The van der Waals surface area contributed by atoms with Crippen molar-refractivity contribution < 1.29 is 4.79 Å². The van der Waals surface area contributed by atoms with Crippen molar-refractivity contribution in [3.63, 3.8) is 0 Å². The van der Waals surface area contributed by atoms with Gasteiger partial charge in [0, 0.05) is 29.8 Å². The number of amides is 2. The van der Waals surface area contributed by atoms with Gasteiger partial charge < -0.3 is 10.2 Å². The van der Waals surface area contributed by atoms with Crippen LogP contribution in [-0.4, -0.2) is 44.7 Å². The minimum Gasteiger partial charge on any atom is -0.336 e. The van der Waals surface area contributed by atoms with Gasteiger partial charge in [-0.1, -0.05) is 42.5 Å². The van der Waals surface area contributed by atoms with Crippen LogP contribution >= 0.6 is 11.8 Å². The van der Waals surface area contributed by atoms with Crippen LogP contribution in [0.5, 0.6) is 0 Å². The van der Waals surface area contributed by atoms with Crippen LogP contribution in [0.2, 0.25) is 0 Å². The van der Waals surface area contributed by atoms with E-state index in [2.05, 4.69) is 40.5 Å². The van der Waals surface area contributed by atoms with Crippen LogP contribution in [0.25, 0.3) is 0 Å². The van der Waals surface area contributed by atoms with Gasteiger partial charge >= 0.3 is 6.03 Å². The van der Waals surface area contributed by atoms with Crippen molar-refractivity contribution in [1.29, 1.82) is 0 Å². The van der Waals surface area contributed by atoms with Crippen LogP contribution in [0, 0.1) is 0 Å². The van der Waals surface area contributed by atoms with Gasteiger partial charge in [0.2, 0.25) is 0 Å². The molecule has 2 aromatic rings. The van der Waals surface area contributed by atoms with Gasteiger partial charge in [-0.25, -0.2) is 4.79 Å². The van der Waals surface area contributed by atoms with Crippen molar-refractivity contribution in [2.24, 2.45) is 0 Å². The molecule has 0 aliphatic carbocycles. The van der Waals surface area contributed by atoms with Gasteiger partial charge in [-0.05, 0) is 38.2 Å². The zero-order chi connectivity index (χ0) is 17.6. The van der Waals surface area contributed by atoms with Gasteiger partial charge in [0.25, 0.3) is 0 Å². The van der Waals surface area contributed by atoms with E-state index < -0.39 is 0 Å². The Morgan fingerprint density at radius 3 is 2.64 bits per heavy atom. The van der Waals surface area contributed by atoms with Gasteiger partial charge in [-0.2, -0.15) is 0 Å². The third-order valence-electron chi connectivity index (χ3n) is 4.29. The zero-order valence-electron chi connectivity index (χ0n) is 14.8. The summed E-state index contributed by atoms with van der Waals surface area (Å²) in [4.78, 5) is 17.8. The lowest BCUT2D eigenvalue weighted by Crippen LogP contribution is -2.43. The third kappa shape index (κ3) is 4.55. The Morgan fingerprint density at radius 2 is 1.88 bits per heavy atom. The van der Waals surface area contributed by atoms with E-state index in [-0.39, 0.29) is 6.03 Å². The van der Waals surface area contributed by atoms with Gasteiger partial charge in [-0.15, -0.1) is 11.8 Å². The van der Waals surface area contributed by atoms with Crippen LogP contribution in [-0.2, 0) is 0 Å². The molecular weight excluding hydrogens is 330 g/mol. The molecule has 1 N–H and O–H groups in total. The number of likely N-dealkylation sites (N-methyl/N-ethyl adjacent to an activating group) is 1.